The van der Waals surface area contributed by atoms with Gasteiger partial charge in [0.1, 0.15) is 5.69 Å². The van der Waals surface area contributed by atoms with Crippen molar-refractivity contribution in [3.63, 3.8) is 0 Å². The molecule has 0 bridgehead atoms. The number of aromatic nitrogens is 2. The van der Waals surface area contributed by atoms with Crippen LogP contribution in [0.4, 0.5) is 0 Å². The molecule has 0 saturated carbocycles. The number of pyridine rings is 1. The molecular weight excluding hydrogens is 370 g/mol. The van der Waals surface area contributed by atoms with Gasteiger partial charge in [0, 0.05) is 22.9 Å². The molecule has 0 unspecified atom stereocenters. The smallest absolute Gasteiger partial charge is 0.267 e. The van der Waals surface area contributed by atoms with Crippen molar-refractivity contribution in [2.45, 2.75) is 13.3 Å². The number of aryl methyl sites for hydroxylation is 1. The van der Waals surface area contributed by atoms with Crippen molar-refractivity contribution in [3.05, 3.63) is 86.6 Å². The number of benzene rings is 2. The molecule has 0 fully saturated rings. The third-order valence-electron chi connectivity index (χ3n) is 4.57. The number of fused-ring (bicyclic) bond motifs is 1. The molecule has 6 heteroatoms. The average Bonchev–Trinajstić information content (AvgIpc) is 3.15. The molecule has 0 radical (unpaired) electrons. The van der Waals surface area contributed by atoms with Crippen molar-refractivity contribution in [1.29, 1.82) is 0 Å². The number of carbonyl (C=O) groups excluding carboxylic acids is 1. The predicted octanol–water partition coefficient (Wildman–Crippen LogP) is 3.93. The molecule has 2 aromatic heterocycles. The summed E-state index contributed by atoms with van der Waals surface area (Å²) in [5, 5.41) is 7.30. The Morgan fingerprint density at radius 1 is 1.14 bits per heavy atom. The third kappa shape index (κ3) is 3.87. The first kappa shape index (κ1) is 18.1. The Labute approximate surface area is 166 Å². The quantitative estimate of drug-likeness (QED) is 0.543. The highest BCUT2D eigenvalue weighted by Gasteiger charge is 2.09. The fourth-order valence-electron chi connectivity index (χ4n) is 3.09. The van der Waals surface area contributed by atoms with Crippen LogP contribution in [0.3, 0.4) is 0 Å². The first-order chi connectivity index (χ1) is 13.6. The second kappa shape index (κ2) is 7.78. The molecular formula is C22H19N3O2S. The maximum atomic E-state index is 12.4. The largest absolute Gasteiger partial charge is 0.350 e. The third-order valence-corrected chi connectivity index (χ3v) is 5.34. The lowest BCUT2D eigenvalue weighted by Gasteiger charge is -2.07. The molecule has 0 aliphatic carbocycles. The van der Waals surface area contributed by atoms with Crippen LogP contribution in [-0.2, 0) is 6.42 Å². The van der Waals surface area contributed by atoms with Gasteiger partial charge < -0.3 is 10.3 Å². The van der Waals surface area contributed by atoms with Gasteiger partial charge in [-0.3, -0.25) is 9.59 Å². The summed E-state index contributed by atoms with van der Waals surface area (Å²) in [6, 6.07) is 17.1. The van der Waals surface area contributed by atoms with Gasteiger partial charge in [0.2, 0.25) is 0 Å². The Kier molecular flexibility index (Phi) is 5.04. The SMILES string of the molecule is Cc1nc(-c2ccc(CCNC(=O)c3cc4ccccc4c(=O)[nH]3)cc2)cs1. The zero-order chi connectivity index (χ0) is 19.5. The number of hydrogen-bond acceptors (Lipinski definition) is 4. The highest BCUT2D eigenvalue weighted by atomic mass is 32.1. The van der Waals surface area contributed by atoms with Crippen molar-refractivity contribution in [2.75, 3.05) is 6.54 Å². The van der Waals surface area contributed by atoms with Crippen LogP contribution in [0.5, 0.6) is 0 Å². The zero-order valence-corrected chi connectivity index (χ0v) is 16.2. The van der Waals surface area contributed by atoms with Gasteiger partial charge in [0.15, 0.2) is 0 Å². The molecule has 4 aromatic rings. The maximum absolute atomic E-state index is 12.4. The van der Waals surface area contributed by atoms with Gasteiger partial charge in [0.25, 0.3) is 11.5 Å². The molecule has 0 spiro atoms. The second-order valence-corrected chi connectivity index (χ2v) is 7.62. The number of nitrogens with zero attached hydrogens (tertiary/aromatic N) is 1. The molecule has 5 nitrogen and oxygen atoms in total. The summed E-state index contributed by atoms with van der Waals surface area (Å²) in [6.45, 7) is 2.48. The molecule has 4 rings (SSSR count). The Morgan fingerprint density at radius 3 is 2.68 bits per heavy atom. The van der Waals surface area contributed by atoms with E-state index < -0.39 is 0 Å². The van der Waals surface area contributed by atoms with Crippen molar-refractivity contribution in [3.8, 4) is 11.3 Å². The number of aromatic amines is 1. The molecule has 0 atom stereocenters. The lowest BCUT2D eigenvalue weighted by molar-refractivity contribution is 0.0949. The molecule has 0 aliphatic heterocycles. The summed E-state index contributed by atoms with van der Waals surface area (Å²) in [7, 11) is 0. The minimum absolute atomic E-state index is 0.254. The predicted molar refractivity (Wildman–Crippen MR) is 113 cm³/mol. The van der Waals surface area contributed by atoms with Crippen molar-refractivity contribution in [1.82, 2.24) is 15.3 Å². The zero-order valence-electron chi connectivity index (χ0n) is 15.4. The number of rotatable bonds is 5. The van der Waals surface area contributed by atoms with E-state index in [0.29, 0.717) is 18.4 Å². The van der Waals surface area contributed by atoms with Crippen LogP contribution in [0, 0.1) is 6.92 Å². The van der Waals surface area contributed by atoms with Crippen molar-refractivity contribution in [2.24, 2.45) is 0 Å². The van der Waals surface area contributed by atoms with Crippen LogP contribution in [0.1, 0.15) is 21.1 Å². The summed E-state index contributed by atoms with van der Waals surface area (Å²) in [5.41, 5.74) is 3.23. The molecule has 0 aliphatic rings. The topological polar surface area (TPSA) is 74.8 Å². The van der Waals surface area contributed by atoms with Gasteiger partial charge >= 0.3 is 0 Å². The van der Waals surface area contributed by atoms with Crippen LogP contribution in [0.15, 0.2) is 64.8 Å². The second-order valence-electron chi connectivity index (χ2n) is 6.55. The van der Waals surface area contributed by atoms with E-state index in [1.165, 1.54) is 0 Å². The van der Waals surface area contributed by atoms with Gasteiger partial charge in [-0.2, -0.15) is 0 Å². The van der Waals surface area contributed by atoms with Crippen LogP contribution in [0.25, 0.3) is 22.0 Å². The van der Waals surface area contributed by atoms with Crippen LogP contribution < -0.4 is 10.9 Å². The highest BCUT2D eigenvalue weighted by Crippen LogP contribution is 2.21. The Bertz CT molecular complexity index is 1190. The normalized spacial score (nSPS) is 10.9. The number of carbonyl (C=O) groups is 1. The highest BCUT2D eigenvalue weighted by molar-refractivity contribution is 7.09. The van der Waals surface area contributed by atoms with Crippen LogP contribution in [-0.4, -0.2) is 22.4 Å². The number of H-pyrrole nitrogens is 1. The molecule has 140 valence electrons. The summed E-state index contributed by atoms with van der Waals surface area (Å²) in [4.78, 5) is 31.6. The van der Waals surface area contributed by atoms with E-state index in [-0.39, 0.29) is 17.2 Å². The lowest BCUT2D eigenvalue weighted by atomic mass is 10.1. The van der Waals surface area contributed by atoms with Gasteiger partial charge in [-0.15, -0.1) is 11.3 Å². The number of nitrogens with one attached hydrogen (secondary N) is 2. The van der Waals surface area contributed by atoms with Gasteiger partial charge in [-0.1, -0.05) is 42.5 Å². The van der Waals surface area contributed by atoms with Gasteiger partial charge in [-0.05, 0) is 36.4 Å². The van der Waals surface area contributed by atoms with Crippen LogP contribution >= 0.6 is 11.3 Å². The minimum atomic E-state index is -0.280. The van der Waals surface area contributed by atoms with E-state index in [4.69, 9.17) is 0 Å². The van der Waals surface area contributed by atoms with Gasteiger partial charge in [0.05, 0.1) is 10.7 Å². The summed E-state index contributed by atoms with van der Waals surface area (Å²) in [5.74, 6) is -0.280. The molecule has 28 heavy (non-hydrogen) atoms. The standard InChI is InChI=1S/C22H19N3O2S/c1-14-24-20(13-28-14)16-8-6-15(7-9-16)10-11-23-22(27)19-12-17-4-2-3-5-18(17)21(26)25-19/h2-9,12-13H,10-11H2,1H3,(H,23,27)(H,25,26). The van der Waals surface area contributed by atoms with E-state index in [0.717, 1.165) is 27.2 Å². The van der Waals surface area contributed by atoms with E-state index in [1.54, 1.807) is 29.5 Å². The lowest BCUT2D eigenvalue weighted by Crippen LogP contribution is -2.28. The summed E-state index contributed by atoms with van der Waals surface area (Å²) in [6.07, 6.45) is 0.708. The van der Waals surface area contributed by atoms with E-state index in [2.05, 4.69) is 20.7 Å². The summed E-state index contributed by atoms with van der Waals surface area (Å²) < 4.78 is 0. The number of hydrogen-bond donors (Lipinski definition) is 2. The van der Waals surface area contributed by atoms with E-state index in [9.17, 15) is 9.59 Å². The molecule has 0 saturated heterocycles. The van der Waals surface area contributed by atoms with E-state index in [1.807, 2.05) is 43.3 Å². The first-order valence-corrected chi connectivity index (χ1v) is 9.90. The summed E-state index contributed by atoms with van der Waals surface area (Å²) >= 11 is 1.64. The number of amides is 1. The Morgan fingerprint density at radius 2 is 1.93 bits per heavy atom. The van der Waals surface area contributed by atoms with Gasteiger partial charge in [-0.25, -0.2) is 4.98 Å². The monoisotopic (exact) mass is 389 g/mol. The van der Waals surface area contributed by atoms with Crippen molar-refractivity contribution >= 4 is 28.0 Å². The molecule has 2 aromatic carbocycles. The van der Waals surface area contributed by atoms with Crippen LogP contribution in [0.2, 0.25) is 0 Å². The fraction of sp³-hybridized carbons (Fsp3) is 0.136. The minimum Gasteiger partial charge on any atom is -0.350 e. The molecule has 1 amide bonds. The average molecular weight is 389 g/mol. The molecule has 2 heterocycles. The Balaban J connectivity index is 1.38. The first-order valence-electron chi connectivity index (χ1n) is 9.02. The van der Waals surface area contributed by atoms with Crippen molar-refractivity contribution < 1.29 is 4.79 Å². The number of thiazole rings is 1. The maximum Gasteiger partial charge on any atom is 0.267 e. The fourth-order valence-corrected chi connectivity index (χ4v) is 3.71. The van der Waals surface area contributed by atoms with E-state index >= 15 is 0 Å². The Hall–Kier alpha value is -3.25. The molecule has 2 N–H and O–H groups in total.